The molecule has 10 nitrogen and oxygen atoms in total. The summed E-state index contributed by atoms with van der Waals surface area (Å²) in [5, 5.41) is 3.22. The number of hydrogen-bond donors (Lipinski definition) is 1. The maximum absolute atomic E-state index is 13.0. The molecule has 0 spiro atoms. The molecule has 1 saturated heterocycles. The van der Waals surface area contributed by atoms with Gasteiger partial charge in [-0.1, -0.05) is 11.8 Å². The molecule has 32 heavy (non-hydrogen) atoms. The Hall–Kier alpha value is -3.18. The van der Waals surface area contributed by atoms with E-state index in [-0.39, 0.29) is 34.5 Å². The van der Waals surface area contributed by atoms with Crippen LogP contribution in [-0.2, 0) is 16.1 Å². The van der Waals surface area contributed by atoms with Crippen molar-refractivity contribution in [1.29, 1.82) is 0 Å². The molecule has 0 saturated carbocycles. The number of carbonyl (C=O) groups excluding carboxylic acids is 1. The lowest BCUT2D eigenvalue weighted by atomic mass is 10.2. The summed E-state index contributed by atoms with van der Waals surface area (Å²) < 4.78 is 17.7. The van der Waals surface area contributed by atoms with Gasteiger partial charge < -0.3 is 19.5 Å². The van der Waals surface area contributed by atoms with Crippen molar-refractivity contribution in [1.82, 2.24) is 19.5 Å². The van der Waals surface area contributed by atoms with Gasteiger partial charge in [0.15, 0.2) is 16.3 Å². The van der Waals surface area contributed by atoms with E-state index in [4.69, 9.17) is 14.2 Å². The standard InChI is InChI=1S/C21H23N5O5S/c1-29-15-8-13(9-16(10-15)30-2)24-17(27)12-32-21-25-19-18(22-5-6-23-19)20(28)26(21)11-14-4-3-7-31-14/h5-6,8-10,14H,3-4,7,11-12H2,1-2H3,(H,24,27)/t14-/m0/s1. The maximum atomic E-state index is 13.0. The summed E-state index contributed by atoms with van der Waals surface area (Å²) in [4.78, 5) is 38.4. The second-order valence-electron chi connectivity index (χ2n) is 7.11. The Morgan fingerprint density at radius 2 is 1.97 bits per heavy atom. The van der Waals surface area contributed by atoms with Gasteiger partial charge in [0.1, 0.15) is 11.5 Å². The fourth-order valence-corrected chi connectivity index (χ4v) is 4.20. The fourth-order valence-electron chi connectivity index (χ4n) is 3.40. The van der Waals surface area contributed by atoms with Crippen molar-refractivity contribution in [2.24, 2.45) is 0 Å². The molecule has 1 N–H and O–H groups in total. The fraction of sp³-hybridized carbons (Fsp3) is 0.381. The number of rotatable bonds is 8. The number of thioether (sulfide) groups is 1. The Morgan fingerprint density at radius 3 is 2.66 bits per heavy atom. The lowest BCUT2D eigenvalue weighted by Crippen LogP contribution is -2.30. The van der Waals surface area contributed by atoms with E-state index in [2.05, 4.69) is 20.3 Å². The number of carbonyl (C=O) groups is 1. The molecule has 1 fully saturated rings. The predicted octanol–water partition coefficient (Wildman–Crippen LogP) is 2.11. The van der Waals surface area contributed by atoms with Crippen molar-refractivity contribution in [3.8, 4) is 11.5 Å². The molecule has 1 amide bonds. The number of anilines is 1. The summed E-state index contributed by atoms with van der Waals surface area (Å²) in [6.45, 7) is 1.03. The van der Waals surface area contributed by atoms with Gasteiger partial charge in [-0.3, -0.25) is 14.2 Å². The Kier molecular flexibility index (Phi) is 6.86. The maximum Gasteiger partial charge on any atom is 0.282 e. The normalized spacial score (nSPS) is 15.6. The SMILES string of the molecule is COc1cc(NC(=O)CSc2nc3nccnc3c(=O)n2C[C@@H]2CCCO2)cc(OC)c1. The second kappa shape index (κ2) is 9.96. The molecule has 0 bridgehead atoms. The van der Waals surface area contributed by atoms with E-state index >= 15 is 0 Å². The zero-order valence-corrected chi connectivity index (χ0v) is 18.6. The first kappa shape index (κ1) is 22.0. The first-order chi connectivity index (χ1) is 15.6. The highest BCUT2D eigenvalue weighted by atomic mass is 32.2. The average Bonchev–Trinajstić information content (AvgIpc) is 3.32. The Morgan fingerprint density at radius 1 is 1.22 bits per heavy atom. The number of methoxy groups -OCH3 is 2. The smallest absolute Gasteiger partial charge is 0.282 e. The molecule has 1 atom stereocenters. The van der Waals surface area contributed by atoms with E-state index in [9.17, 15) is 9.59 Å². The van der Waals surface area contributed by atoms with Crippen molar-refractivity contribution in [3.05, 3.63) is 40.9 Å². The zero-order valence-electron chi connectivity index (χ0n) is 17.7. The van der Waals surface area contributed by atoms with Crippen LogP contribution in [0.25, 0.3) is 11.2 Å². The van der Waals surface area contributed by atoms with Crippen LogP contribution in [-0.4, -0.2) is 58.1 Å². The van der Waals surface area contributed by atoms with E-state index in [0.717, 1.165) is 24.6 Å². The van der Waals surface area contributed by atoms with Crippen LogP contribution in [0.5, 0.6) is 11.5 Å². The number of ether oxygens (including phenoxy) is 3. The first-order valence-corrected chi connectivity index (χ1v) is 11.0. The van der Waals surface area contributed by atoms with Gasteiger partial charge in [-0.25, -0.2) is 15.0 Å². The van der Waals surface area contributed by atoms with Crippen LogP contribution in [0.2, 0.25) is 0 Å². The highest BCUT2D eigenvalue weighted by Gasteiger charge is 2.21. The number of nitrogens with one attached hydrogen (secondary N) is 1. The van der Waals surface area contributed by atoms with Crippen LogP contribution in [0, 0.1) is 0 Å². The molecule has 11 heteroatoms. The molecule has 2 aromatic heterocycles. The topological polar surface area (TPSA) is 117 Å². The van der Waals surface area contributed by atoms with Gasteiger partial charge in [0.2, 0.25) is 5.91 Å². The molecule has 3 heterocycles. The summed E-state index contributed by atoms with van der Waals surface area (Å²) in [5.41, 5.74) is 0.698. The minimum absolute atomic E-state index is 0.0449. The van der Waals surface area contributed by atoms with E-state index in [1.807, 2.05) is 0 Å². The molecule has 4 rings (SSSR count). The number of hydrogen-bond acceptors (Lipinski definition) is 9. The first-order valence-electron chi connectivity index (χ1n) is 10.1. The van der Waals surface area contributed by atoms with Crippen LogP contribution >= 0.6 is 11.8 Å². The highest BCUT2D eigenvalue weighted by molar-refractivity contribution is 7.99. The molecular weight excluding hydrogens is 434 g/mol. The Bertz CT molecular complexity index is 1160. The molecule has 168 valence electrons. The predicted molar refractivity (Wildman–Crippen MR) is 119 cm³/mol. The van der Waals surface area contributed by atoms with Crippen LogP contribution in [0.1, 0.15) is 12.8 Å². The average molecular weight is 458 g/mol. The third kappa shape index (κ3) is 5.00. The summed E-state index contributed by atoms with van der Waals surface area (Å²) in [6.07, 6.45) is 4.70. The zero-order chi connectivity index (χ0) is 22.5. The van der Waals surface area contributed by atoms with Crippen LogP contribution in [0.3, 0.4) is 0 Å². The van der Waals surface area contributed by atoms with Gasteiger partial charge in [0, 0.05) is 42.9 Å². The van der Waals surface area contributed by atoms with Crippen molar-refractivity contribution in [3.63, 3.8) is 0 Å². The molecular formula is C21H23N5O5S. The van der Waals surface area contributed by atoms with Gasteiger partial charge in [-0.2, -0.15) is 0 Å². The number of amides is 1. The minimum atomic E-state index is -0.293. The molecule has 0 radical (unpaired) electrons. The number of fused-ring (bicyclic) bond motifs is 1. The van der Waals surface area contributed by atoms with E-state index in [1.165, 1.54) is 31.2 Å². The summed E-state index contributed by atoms with van der Waals surface area (Å²) >= 11 is 1.16. The van der Waals surface area contributed by atoms with Gasteiger partial charge in [0.05, 0.1) is 32.6 Å². The Labute approximate surface area is 188 Å². The monoisotopic (exact) mass is 457 g/mol. The molecule has 1 aliphatic heterocycles. The van der Waals surface area contributed by atoms with Gasteiger partial charge in [-0.15, -0.1) is 0 Å². The van der Waals surface area contributed by atoms with Crippen molar-refractivity contribution >= 4 is 34.5 Å². The lowest BCUT2D eigenvalue weighted by molar-refractivity contribution is -0.113. The minimum Gasteiger partial charge on any atom is -0.497 e. The highest BCUT2D eigenvalue weighted by Crippen LogP contribution is 2.26. The van der Waals surface area contributed by atoms with E-state index < -0.39 is 0 Å². The molecule has 1 aromatic carbocycles. The molecule has 1 aliphatic rings. The Balaban J connectivity index is 1.54. The molecule has 0 unspecified atom stereocenters. The lowest BCUT2D eigenvalue weighted by Gasteiger charge is -2.16. The van der Waals surface area contributed by atoms with Crippen molar-refractivity contribution < 1.29 is 19.0 Å². The largest absolute Gasteiger partial charge is 0.497 e. The number of benzene rings is 1. The van der Waals surface area contributed by atoms with E-state index in [1.54, 1.807) is 18.2 Å². The summed E-state index contributed by atoms with van der Waals surface area (Å²) in [5.74, 6) is 0.908. The van der Waals surface area contributed by atoms with Gasteiger partial charge in [0.25, 0.3) is 5.56 Å². The van der Waals surface area contributed by atoms with Gasteiger partial charge >= 0.3 is 0 Å². The van der Waals surface area contributed by atoms with E-state index in [0.29, 0.717) is 35.5 Å². The third-order valence-corrected chi connectivity index (χ3v) is 5.91. The second-order valence-corrected chi connectivity index (χ2v) is 8.05. The van der Waals surface area contributed by atoms with Crippen molar-refractivity contribution in [2.45, 2.75) is 30.6 Å². The summed E-state index contributed by atoms with van der Waals surface area (Å²) in [7, 11) is 3.08. The van der Waals surface area contributed by atoms with Crippen LogP contribution < -0.4 is 20.3 Å². The van der Waals surface area contributed by atoms with Crippen LogP contribution in [0.4, 0.5) is 5.69 Å². The van der Waals surface area contributed by atoms with Gasteiger partial charge in [-0.05, 0) is 12.8 Å². The number of aromatic nitrogens is 4. The number of nitrogens with zero attached hydrogens (tertiary/aromatic N) is 4. The van der Waals surface area contributed by atoms with Crippen LogP contribution in [0.15, 0.2) is 40.5 Å². The molecule has 3 aromatic rings. The summed E-state index contributed by atoms with van der Waals surface area (Å²) in [6, 6.07) is 5.11. The molecule has 0 aliphatic carbocycles. The third-order valence-electron chi connectivity index (χ3n) is 4.94. The quantitative estimate of drug-likeness (QED) is 0.401. The van der Waals surface area contributed by atoms with Crippen molar-refractivity contribution in [2.75, 3.05) is 31.9 Å².